The van der Waals surface area contributed by atoms with Crippen LogP contribution in [0, 0.1) is 12.8 Å². The Hall–Kier alpha value is -1.10. The highest BCUT2D eigenvalue weighted by molar-refractivity contribution is 5.59. The number of hydrogen-bond donors (Lipinski definition) is 2. The Balaban J connectivity index is 1.75. The van der Waals surface area contributed by atoms with Gasteiger partial charge in [-0.1, -0.05) is 12.1 Å². The molecule has 0 radical (unpaired) electrons. The molecule has 0 unspecified atom stereocenters. The van der Waals surface area contributed by atoms with Crippen LogP contribution in [0.4, 0.5) is 5.69 Å². The zero-order chi connectivity index (χ0) is 16.4. The van der Waals surface area contributed by atoms with Crippen LogP contribution in [0.2, 0.25) is 0 Å². The van der Waals surface area contributed by atoms with Gasteiger partial charge in [-0.15, -0.1) is 0 Å². The average molecular weight is 317 g/mol. The summed E-state index contributed by atoms with van der Waals surface area (Å²) in [7, 11) is 0. The second kappa shape index (κ2) is 6.80. The number of fused-ring (bicyclic) bond motifs is 1. The van der Waals surface area contributed by atoms with Crippen molar-refractivity contribution < 1.29 is 5.11 Å². The normalized spacial score (nSPS) is 20.1. The van der Waals surface area contributed by atoms with E-state index in [9.17, 15) is 5.11 Å². The number of rotatable bonds is 5. The first-order valence-corrected chi connectivity index (χ1v) is 8.98. The summed E-state index contributed by atoms with van der Waals surface area (Å²) in [5, 5.41) is 18.5. The summed E-state index contributed by atoms with van der Waals surface area (Å²) < 4.78 is 0. The number of piperidine rings is 1. The van der Waals surface area contributed by atoms with E-state index in [4.69, 9.17) is 0 Å². The number of nitrogens with zero attached hydrogens (tertiary/aromatic N) is 2. The van der Waals surface area contributed by atoms with Crippen molar-refractivity contribution in [2.24, 2.45) is 5.92 Å². The Morgan fingerprint density at radius 2 is 2.00 bits per heavy atom. The summed E-state index contributed by atoms with van der Waals surface area (Å²) in [6, 6.07) is 6.59. The maximum Gasteiger partial charge on any atom is 0.0609 e. The van der Waals surface area contributed by atoms with Crippen molar-refractivity contribution in [3.05, 3.63) is 29.3 Å². The van der Waals surface area contributed by atoms with Crippen molar-refractivity contribution >= 4 is 5.69 Å². The fourth-order valence-electron chi connectivity index (χ4n) is 3.72. The minimum Gasteiger partial charge on any atom is -0.390 e. The summed E-state index contributed by atoms with van der Waals surface area (Å²) >= 11 is 0. The highest BCUT2D eigenvalue weighted by Crippen LogP contribution is 2.35. The third-order valence-electron chi connectivity index (χ3n) is 5.21. The van der Waals surface area contributed by atoms with E-state index in [0.29, 0.717) is 0 Å². The van der Waals surface area contributed by atoms with Crippen LogP contribution in [0.25, 0.3) is 0 Å². The monoisotopic (exact) mass is 317 g/mol. The molecule has 1 saturated heterocycles. The van der Waals surface area contributed by atoms with Crippen LogP contribution in [0.3, 0.4) is 0 Å². The molecule has 0 spiro atoms. The molecule has 0 amide bonds. The van der Waals surface area contributed by atoms with E-state index in [2.05, 4.69) is 40.5 Å². The largest absolute Gasteiger partial charge is 0.390 e. The van der Waals surface area contributed by atoms with Crippen molar-refractivity contribution in [1.29, 1.82) is 0 Å². The van der Waals surface area contributed by atoms with Gasteiger partial charge >= 0.3 is 0 Å². The molecule has 0 bridgehead atoms. The summed E-state index contributed by atoms with van der Waals surface area (Å²) in [5.41, 5.74) is 3.55. The fraction of sp³-hybridized carbons (Fsp3) is 0.684. The molecule has 0 aromatic heterocycles. The minimum absolute atomic E-state index is 0.618. The second-order valence-electron chi connectivity index (χ2n) is 7.80. The number of benzene rings is 1. The van der Waals surface area contributed by atoms with Crippen molar-refractivity contribution in [3.63, 3.8) is 0 Å². The molecule has 4 heteroatoms. The predicted molar refractivity (Wildman–Crippen MR) is 95.4 cm³/mol. The second-order valence-corrected chi connectivity index (χ2v) is 7.80. The Morgan fingerprint density at radius 3 is 2.70 bits per heavy atom. The molecule has 0 atom stereocenters. The van der Waals surface area contributed by atoms with E-state index in [0.717, 1.165) is 45.1 Å². The number of hydrazine groups is 1. The molecule has 0 saturated carbocycles. The first kappa shape index (κ1) is 16.7. The summed E-state index contributed by atoms with van der Waals surface area (Å²) in [6.07, 6.45) is 3.32. The molecule has 2 heterocycles. The molecule has 0 aliphatic carbocycles. The van der Waals surface area contributed by atoms with Crippen LogP contribution in [0.15, 0.2) is 18.2 Å². The molecular weight excluding hydrogens is 286 g/mol. The first-order chi connectivity index (χ1) is 10.9. The van der Waals surface area contributed by atoms with E-state index >= 15 is 0 Å². The highest BCUT2D eigenvalue weighted by atomic mass is 16.3. The number of aryl methyl sites for hydroxylation is 1. The Bertz CT molecular complexity index is 532. The molecular formula is C19H31N3O. The maximum atomic E-state index is 10.1. The molecule has 4 nitrogen and oxygen atoms in total. The van der Waals surface area contributed by atoms with E-state index < -0.39 is 5.60 Å². The zero-order valence-electron chi connectivity index (χ0n) is 14.8. The lowest BCUT2D eigenvalue weighted by Crippen LogP contribution is -2.44. The zero-order valence-corrected chi connectivity index (χ0v) is 14.8. The Morgan fingerprint density at radius 1 is 1.26 bits per heavy atom. The smallest absolute Gasteiger partial charge is 0.0609 e. The predicted octanol–water partition coefficient (Wildman–Crippen LogP) is 2.69. The van der Waals surface area contributed by atoms with Gasteiger partial charge in [-0.25, -0.2) is 5.01 Å². The highest BCUT2D eigenvalue weighted by Gasteiger charge is 2.31. The van der Waals surface area contributed by atoms with Gasteiger partial charge in [-0.2, -0.15) is 0 Å². The van der Waals surface area contributed by atoms with Gasteiger partial charge in [-0.3, -0.25) is 0 Å². The van der Waals surface area contributed by atoms with Gasteiger partial charge < -0.3 is 15.4 Å². The molecule has 128 valence electrons. The number of nitrogens with one attached hydrogen (secondary N) is 1. The van der Waals surface area contributed by atoms with Crippen molar-refractivity contribution in [2.75, 3.05) is 31.2 Å². The van der Waals surface area contributed by atoms with Crippen LogP contribution < -0.4 is 10.3 Å². The number of hydrogen-bond acceptors (Lipinski definition) is 4. The van der Waals surface area contributed by atoms with Gasteiger partial charge in [0, 0.05) is 19.6 Å². The van der Waals surface area contributed by atoms with Gasteiger partial charge in [0.2, 0.25) is 0 Å². The lowest BCUT2D eigenvalue weighted by Gasteiger charge is -2.35. The van der Waals surface area contributed by atoms with Gasteiger partial charge in [0.25, 0.3) is 0 Å². The van der Waals surface area contributed by atoms with Crippen LogP contribution in [0.1, 0.15) is 44.2 Å². The van der Waals surface area contributed by atoms with E-state index in [1.165, 1.54) is 29.7 Å². The SMILES string of the molecule is Cc1cccc2c1CN(CC1CCNCC1)N2CCC(C)(C)O. The fourth-order valence-corrected chi connectivity index (χ4v) is 3.72. The number of anilines is 1. The third-order valence-corrected chi connectivity index (χ3v) is 5.21. The molecule has 3 rings (SSSR count). The lowest BCUT2D eigenvalue weighted by molar-refractivity contribution is 0.0676. The molecule has 2 N–H and O–H groups in total. The number of aliphatic hydroxyl groups is 1. The molecule has 1 fully saturated rings. The molecule has 1 aromatic carbocycles. The van der Waals surface area contributed by atoms with Crippen LogP contribution in [-0.2, 0) is 6.54 Å². The van der Waals surface area contributed by atoms with E-state index in [1.807, 2.05) is 13.8 Å². The molecule has 1 aromatic rings. The minimum atomic E-state index is -0.618. The summed E-state index contributed by atoms with van der Waals surface area (Å²) in [6.45, 7) is 11.3. The maximum absolute atomic E-state index is 10.1. The van der Waals surface area contributed by atoms with Crippen molar-refractivity contribution in [1.82, 2.24) is 10.3 Å². The average Bonchev–Trinajstić information content (AvgIpc) is 2.84. The summed E-state index contributed by atoms with van der Waals surface area (Å²) in [5.74, 6) is 0.774. The van der Waals surface area contributed by atoms with Gasteiger partial charge in [0.05, 0.1) is 11.3 Å². The Kier molecular flexibility index (Phi) is 4.95. The molecule has 2 aliphatic heterocycles. The molecule has 23 heavy (non-hydrogen) atoms. The summed E-state index contributed by atoms with van der Waals surface area (Å²) in [4.78, 5) is 0. The van der Waals surface area contributed by atoms with Crippen molar-refractivity contribution in [2.45, 2.75) is 52.2 Å². The standard InChI is InChI=1S/C19H31N3O/c1-15-5-4-6-18-17(15)14-21(13-16-7-10-20-11-8-16)22(18)12-9-19(2,3)23/h4-6,16,20,23H,7-14H2,1-3H3. The van der Waals surface area contributed by atoms with Crippen molar-refractivity contribution in [3.8, 4) is 0 Å². The van der Waals surface area contributed by atoms with Crippen LogP contribution in [0.5, 0.6) is 0 Å². The van der Waals surface area contributed by atoms with Gasteiger partial charge in [-0.05, 0) is 76.2 Å². The third kappa shape index (κ3) is 4.06. The molecule has 2 aliphatic rings. The van der Waals surface area contributed by atoms with Crippen LogP contribution in [-0.4, -0.2) is 41.9 Å². The van der Waals surface area contributed by atoms with Crippen LogP contribution >= 0.6 is 0 Å². The topological polar surface area (TPSA) is 38.7 Å². The van der Waals surface area contributed by atoms with Gasteiger partial charge in [0.1, 0.15) is 0 Å². The van der Waals surface area contributed by atoms with E-state index in [-0.39, 0.29) is 0 Å². The van der Waals surface area contributed by atoms with E-state index in [1.54, 1.807) is 0 Å². The lowest BCUT2D eigenvalue weighted by atomic mass is 9.98. The first-order valence-electron chi connectivity index (χ1n) is 8.98. The Labute approximate surface area is 140 Å². The quantitative estimate of drug-likeness (QED) is 0.876. The van der Waals surface area contributed by atoms with Gasteiger partial charge in [0.15, 0.2) is 0 Å².